The van der Waals surface area contributed by atoms with Crippen molar-refractivity contribution in [3.8, 4) is 0 Å². The Morgan fingerprint density at radius 2 is 0.741 bits per heavy atom. The van der Waals surface area contributed by atoms with Crippen molar-refractivity contribution in [2.75, 3.05) is 13.2 Å². The van der Waals surface area contributed by atoms with Gasteiger partial charge in [0, 0.05) is 19.3 Å². The summed E-state index contributed by atoms with van der Waals surface area (Å²) >= 11 is 0. The highest BCUT2D eigenvalue weighted by atomic mass is 16.7. The Kier molecular flexibility index (Phi) is 56.3. The summed E-state index contributed by atoms with van der Waals surface area (Å²) in [6.45, 7) is 5.90. The number of hydrogen-bond donors (Lipinski definition) is 3. The standard InChI is InChI=1S/C73H126O12/c1-4-7-10-13-16-19-22-25-28-31-33-36-38-41-44-47-50-53-56-59-65(74)81-62-64(83-66(75)60-57-54-51-48-45-42-39-35-30-27-24-21-18-15-12-9-6-3)63-82-73-71(69(78)68(77)70(85-73)72(79)80)84-67(76)61-58-55-52-49-46-43-40-37-34-32-29-26-23-20-17-14-11-8-5-2/h9,12,17-18,20-21,25-30,64,68-71,73,77-78H,4-8,10-11,13-16,19,22-24,31-63H2,1-3H3,(H,79,80)/b12-9-,20-17-,21-18-,28-25-,29-26-,30-27-. The van der Waals surface area contributed by atoms with Crippen LogP contribution in [-0.2, 0) is 42.9 Å². The molecule has 0 amide bonds. The maximum atomic E-state index is 13.2. The van der Waals surface area contributed by atoms with Crippen LogP contribution in [-0.4, -0.2) is 89.2 Å². The van der Waals surface area contributed by atoms with Crippen LogP contribution in [0.5, 0.6) is 0 Å². The zero-order valence-corrected chi connectivity index (χ0v) is 54.3. The predicted molar refractivity (Wildman–Crippen MR) is 349 cm³/mol. The van der Waals surface area contributed by atoms with Crippen LogP contribution in [0.15, 0.2) is 72.9 Å². The molecule has 12 nitrogen and oxygen atoms in total. The molecule has 0 aromatic rings. The molecule has 3 N–H and O–H groups in total. The molecule has 6 atom stereocenters. The highest BCUT2D eigenvalue weighted by Gasteiger charge is 2.50. The Labute approximate surface area is 518 Å². The van der Waals surface area contributed by atoms with Crippen molar-refractivity contribution < 1.29 is 58.2 Å². The van der Waals surface area contributed by atoms with Gasteiger partial charge in [-0.1, -0.05) is 261 Å². The fraction of sp³-hybridized carbons (Fsp3) is 0.781. The molecule has 490 valence electrons. The molecule has 6 unspecified atom stereocenters. The largest absolute Gasteiger partial charge is 0.479 e. The molecule has 1 rings (SSSR count). The van der Waals surface area contributed by atoms with Gasteiger partial charge in [-0.2, -0.15) is 0 Å². The van der Waals surface area contributed by atoms with Crippen LogP contribution in [0.4, 0.5) is 0 Å². The lowest BCUT2D eigenvalue weighted by Crippen LogP contribution is -2.61. The number of aliphatic hydroxyl groups is 2. The van der Waals surface area contributed by atoms with Crippen LogP contribution < -0.4 is 0 Å². The summed E-state index contributed by atoms with van der Waals surface area (Å²) in [5.74, 6) is -3.12. The molecule has 0 bridgehead atoms. The minimum absolute atomic E-state index is 0.0537. The van der Waals surface area contributed by atoms with Gasteiger partial charge >= 0.3 is 23.9 Å². The summed E-state index contributed by atoms with van der Waals surface area (Å²) in [7, 11) is 0. The maximum absolute atomic E-state index is 13.2. The van der Waals surface area contributed by atoms with Gasteiger partial charge in [-0.25, -0.2) is 4.79 Å². The van der Waals surface area contributed by atoms with E-state index in [-0.39, 0.29) is 25.9 Å². The number of carboxylic acid groups (broad SMARTS) is 1. The van der Waals surface area contributed by atoms with E-state index in [4.69, 9.17) is 23.7 Å². The van der Waals surface area contributed by atoms with E-state index < -0.39 is 67.3 Å². The number of aliphatic carboxylic acids is 1. The van der Waals surface area contributed by atoms with Crippen molar-refractivity contribution in [3.63, 3.8) is 0 Å². The van der Waals surface area contributed by atoms with E-state index in [0.29, 0.717) is 19.3 Å². The van der Waals surface area contributed by atoms with Crippen LogP contribution in [0.1, 0.15) is 316 Å². The van der Waals surface area contributed by atoms with E-state index in [9.17, 15) is 34.5 Å². The number of ether oxygens (including phenoxy) is 5. The molecule has 0 aromatic carbocycles. The third-order valence-corrected chi connectivity index (χ3v) is 15.7. The summed E-state index contributed by atoms with van der Waals surface area (Å²) in [5.41, 5.74) is 0. The molecule has 0 aliphatic carbocycles. The fourth-order valence-corrected chi connectivity index (χ4v) is 10.4. The van der Waals surface area contributed by atoms with Crippen LogP contribution in [0.3, 0.4) is 0 Å². The van der Waals surface area contributed by atoms with E-state index in [1.165, 1.54) is 135 Å². The van der Waals surface area contributed by atoms with Gasteiger partial charge in [-0.15, -0.1) is 0 Å². The van der Waals surface area contributed by atoms with Crippen molar-refractivity contribution in [2.24, 2.45) is 0 Å². The Morgan fingerprint density at radius 3 is 1.16 bits per heavy atom. The second-order valence-electron chi connectivity index (χ2n) is 23.8. The molecular formula is C73H126O12. The monoisotopic (exact) mass is 1190 g/mol. The highest BCUT2D eigenvalue weighted by molar-refractivity contribution is 5.74. The summed E-state index contributed by atoms with van der Waals surface area (Å²) in [6.07, 6.45) is 65.6. The zero-order valence-electron chi connectivity index (χ0n) is 54.3. The van der Waals surface area contributed by atoms with Crippen molar-refractivity contribution in [1.82, 2.24) is 0 Å². The van der Waals surface area contributed by atoms with E-state index in [1.54, 1.807) is 0 Å². The molecule has 0 radical (unpaired) electrons. The topological polar surface area (TPSA) is 175 Å². The first-order chi connectivity index (χ1) is 41.6. The average Bonchev–Trinajstić information content (AvgIpc) is 3.53. The Hall–Kier alpha value is -3.84. The first-order valence-corrected chi connectivity index (χ1v) is 34.9. The number of rotatable bonds is 60. The fourth-order valence-electron chi connectivity index (χ4n) is 10.4. The lowest BCUT2D eigenvalue weighted by Gasteiger charge is -2.40. The molecule has 0 saturated carbocycles. The number of carbonyl (C=O) groups is 4. The van der Waals surface area contributed by atoms with Crippen molar-refractivity contribution >= 4 is 23.9 Å². The number of esters is 3. The third-order valence-electron chi connectivity index (χ3n) is 15.7. The number of carbonyl (C=O) groups excluding carboxylic acids is 3. The SMILES string of the molecule is CC/C=C\C/C=C\C/C=C\CCCCCCCCCC(=O)OC(COC(=O)CCCCCCCCCCC/C=C\CCCCCCCC)COC1OC(C(=O)O)C(O)C(O)C1OC(=O)CCCCCCCCCCC/C=C\C/C=C\CCCCC. The minimum Gasteiger partial charge on any atom is -0.479 e. The highest BCUT2D eigenvalue weighted by Crippen LogP contribution is 2.27. The van der Waals surface area contributed by atoms with Crippen LogP contribution in [0.25, 0.3) is 0 Å². The number of carboxylic acids is 1. The van der Waals surface area contributed by atoms with Gasteiger partial charge in [0.2, 0.25) is 0 Å². The first kappa shape index (κ1) is 79.2. The van der Waals surface area contributed by atoms with Crippen LogP contribution in [0.2, 0.25) is 0 Å². The van der Waals surface area contributed by atoms with E-state index in [2.05, 4.69) is 93.7 Å². The second kappa shape index (κ2) is 60.4. The molecule has 0 aromatic heterocycles. The number of hydrogen-bond acceptors (Lipinski definition) is 11. The third kappa shape index (κ3) is 49.8. The van der Waals surface area contributed by atoms with Gasteiger partial charge in [-0.3, -0.25) is 14.4 Å². The lowest BCUT2D eigenvalue weighted by molar-refractivity contribution is -0.301. The molecule has 1 aliphatic rings. The van der Waals surface area contributed by atoms with Gasteiger partial charge < -0.3 is 39.0 Å². The number of aliphatic hydroxyl groups excluding tert-OH is 2. The number of unbranched alkanes of at least 4 members (excludes halogenated alkanes) is 34. The normalized spacial score (nSPS) is 17.9. The Balaban J connectivity index is 2.63. The van der Waals surface area contributed by atoms with Gasteiger partial charge in [0.05, 0.1) is 6.61 Å². The van der Waals surface area contributed by atoms with E-state index in [1.807, 2.05) is 0 Å². The molecule has 0 spiro atoms. The van der Waals surface area contributed by atoms with Crippen molar-refractivity contribution in [2.45, 2.75) is 353 Å². The van der Waals surface area contributed by atoms with Crippen LogP contribution in [0, 0.1) is 0 Å². The molecular weight excluding hydrogens is 1070 g/mol. The van der Waals surface area contributed by atoms with Gasteiger partial charge in [-0.05, 0) is 109 Å². The van der Waals surface area contributed by atoms with Gasteiger partial charge in [0.1, 0.15) is 18.8 Å². The predicted octanol–water partition coefficient (Wildman–Crippen LogP) is 19.2. The zero-order chi connectivity index (χ0) is 61.7. The first-order valence-electron chi connectivity index (χ1n) is 34.9. The summed E-state index contributed by atoms with van der Waals surface area (Å²) < 4.78 is 28.6. The molecule has 12 heteroatoms. The van der Waals surface area contributed by atoms with Crippen molar-refractivity contribution in [1.29, 1.82) is 0 Å². The van der Waals surface area contributed by atoms with Gasteiger partial charge in [0.15, 0.2) is 24.6 Å². The summed E-state index contributed by atoms with van der Waals surface area (Å²) in [4.78, 5) is 51.5. The van der Waals surface area contributed by atoms with Crippen molar-refractivity contribution in [3.05, 3.63) is 72.9 Å². The Bertz CT molecular complexity index is 1750. The molecule has 1 fully saturated rings. The van der Waals surface area contributed by atoms with E-state index in [0.717, 1.165) is 122 Å². The Morgan fingerprint density at radius 1 is 0.400 bits per heavy atom. The quantitative estimate of drug-likeness (QED) is 0.0228. The summed E-state index contributed by atoms with van der Waals surface area (Å²) in [6, 6.07) is 0. The second-order valence-corrected chi connectivity index (χ2v) is 23.8. The maximum Gasteiger partial charge on any atom is 0.335 e. The smallest absolute Gasteiger partial charge is 0.335 e. The average molecular weight is 1200 g/mol. The molecule has 1 aliphatic heterocycles. The van der Waals surface area contributed by atoms with E-state index >= 15 is 0 Å². The molecule has 1 heterocycles. The molecule has 85 heavy (non-hydrogen) atoms. The van der Waals surface area contributed by atoms with Crippen LogP contribution >= 0.6 is 0 Å². The van der Waals surface area contributed by atoms with Gasteiger partial charge in [0.25, 0.3) is 0 Å². The summed E-state index contributed by atoms with van der Waals surface area (Å²) in [5, 5.41) is 31.7. The minimum atomic E-state index is -1.91. The molecule has 1 saturated heterocycles. The lowest BCUT2D eigenvalue weighted by atomic mass is 9.98. The number of allylic oxidation sites excluding steroid dienone is 12.